The lowest BCUT2D eigenvalue weighted by molar-refractivity contribution is 0.0766. The van der Waals surface area contributed by atoms with E-state index in [9.17, 15) is 4.79 Å². The van der Waals surface area contributed by atoms with Crippen LogP contribution in [0.15, 0.2) is 52.8 Å². The van der Waals surface area contributed by atoms with Crippen LogP contribution in [-0.2, 0) is 4.18 Å². The molecule has 0 saturated carbocycles. The first-order valence-corrected chi connectivity index (χ1v) is 7.02. The van der Waals surface area contributed by atoms with Crippen molar-refractivity contribution in [3.63, 3.8) is 0 Å². The molecule has 90 valence electrons. The average Bonchev–Trinajstić information content (AvgIpc) is 2.79. The van der Waals surface area contributed by atoms with Crippen LogP contribution in [-0.4, -0.2) is 5.97 Å². The highest BCUT2D eigenvalue weighted by atomic mass is 32.2. The topological polar surface area (TPSA) is 26.3 Å². The van der Waals surface area contributed by atoms with Crippen molar-refractivity contribution in [2.24, 2.45) is 5.92 Å². The van der Waals surface area contributed by atoms with Crippen LogP contribution in [0.4, 0.5) is 0 Å². The van der Waals surface area contributed by atoms with Crippen LogP contribution in [0, 0.1) is 5.92 Å². The van der Waals surface area contributed by atoms with E-state index in [-0.39, 0.29) is 5.97 Å². The molecule has 0 fully saturated rings. The van der Waals surface area contributed by atoms with Gasteiger partial charge in [-0.1, -0.05) is 49.3 Å². The Morgan fingerprint density at radius 2 is 1.94 bits per heavy atom. The minimum atomic E-state index is -0.872. The molecule has 1 atom stereocenters. The molecule has 0 N–H and O–H groups in total. The summed E-state index contributed by atoms with van der Waals surface area (Å²) >= 11 is -0.872. The van der Waals surface area contributed by atoms with E-state index in [1.807, 2.05) is 23.6 Å². The maximum Gasteiger partial charge on any atom is 0.348 e. The lowest BCUT2D eigenvalue weighted by atomic mass is 10.1. The number of rotatable bonds is 3. The normalized spacial score (nSPS) is 20.4. The molecule has 3 heteroatoms. The number of benzene rings is 1. The third kappa shape index (κ3) is 3.01. The van der Waals surface area contributed by atoms with Gasteiger partial charge >= 0.3 is 5.97 Å². The van der Waals surface area contributed by atoms with Crippen LogP contribution in [0.3, 0.4) is 0 Å². The minimum absolute atomic E-state index is 0.248. The van der Waals surface area contributed by atoms with Crippen LogP contribution in [0.2, 0.25) is 0 Å². The molecule has 1 aliphatic heterocycles. The van der Waals surface area contributed by atoms with Crippen molar-refractivity contribution in [2.45, 2.75) is 13.8 Å². The van der Waals surface area contributed by atoms with E-state index in [0.717, 1.165) is 0 Å². The monoisotopic (exact) mass is 248 g/mol. The number of thiol groups is 1. The summed E-state index contributed by atoms with van der Waals surface area (Å²) in [6.07, 6.45) is 2.05. The number of hydrogen-bond donors (Lipinski definition) is 1. The molecule has 0 amide bonds. The smallest absolute Gasteiger partial charge is 0.348 e. The Kier molecular flexibility index (Phi) is 3.69. The van der Waals surface area contributed by atoms with Gasteiger partial charge in [-0.25, -0.2) is 4.79 Å². The van der Waals surface area contributed by atoms with Crippen molar-refractivity contribution in [1.82, 2.24) is 0 Å². The Labute approximate surface area is 105 Å². The van der Waals surface area contributed by atoms with Crippen LogP contribution in [0.5, 0.6) is 0 Å². The highest BCUT2D eigenvalue weighted by Crippen LogP contribution is 2.39. The van der Waals surface area contributed by atoms with Crippen molar-refractivity contribution >= 4 is 17.1 Å². The van der Waals surface area contributed by atoms with E-state index >= 15 is 0 Å². The Balaban J connectivity index is 2.00. The molecule has 0 aliphatic carbocycles. The van der Waals surface area contributed by atoms with E-state index in [0.29, 0.717) is 11.5 Å². The van der Waals surface area contributed by atoms with Crippen LogP contribution < -0.4 is 0 Å². The molecule has 1 heterocycles. The second kappa shape index (κ2) is 5.23. The van der Waals surface area contributed by atoms with E-state index < -0.39 is 11.2 Å². The fourth-order valence-electron chi connectivity index (χ4n) is 1.51. The van der Waals surface area contributed by atoms with Crippen molar-refractivity contribution < 1.29 is 8.98 Å². The van der Waals surface area contributed by atoms with Gasteiger partial charge in [0.25, 0.3) is 0 Å². The van der Waals surface area contributed by atoms with Crippen molar-refractivity contribution in [1.29, 1.82) is 0 Å². The lowest BCUT2D eigenvalue weighted by Gasteiger charge is -2.11. The SMILES string of the molecule is CC(C)C1=C[SH](OC(=O)c2ccccc2)C=C1. The van der Waals surface area contributed by atoms with Gasteiger partial charge in [0.05, 0.1) is 5.56 Å². The molecular formula is C14H16O2S. The summed E-state index contributed by atoms with van der Waals surface area (Å²) in [4.78, 5) is 11.8. The minimum Gasteiger partial charge on any atom is -0.407 e. The maximum atomic E-state index is 11.8. The number of carbonyl (C=O) groups excluding carboxylic acids is 1. The average molecular weight is 248 g/mol. The van der Waals surface area contributed by atoms with Crippen molar-refractivity contribution in [2.75, 3.05) is 0 Å². The maximum absolute atomic E-state index is 11.8. The Bertz CT molecular complexity index is 460. The Morgan fingerprint density at radius 3 is 2.53 bits per heavy atom. The summed E-state index contributed by atoms with van der Waals surface area (Å²) < 4.78 is 5.44. The predicted octanol–water partition coefficient (Wildman–Crippen LogP) is 3.83. The molecule has 1 unspecified atom stereocenters. The van der Waals surface area contributed by atoms with Gasteiger partial charge in [0, 0.05) is 0 Å². The molecule has 0 bridgehead atoms. The van der Waals surface area contributed by atoms with Crippen molar-refractivity contribution in [3.05, 3.63) is 58.4 Å². The first-order valence-electron chi connectivity index (χ1n) is 5.62. The summed E-state index contributed by atoms with van der Waals surface area (Å²) in [5.74, 6) is 0.233. The molecule has 1 aromatic carbocycles. The zero-order valence-electron chi connectivity index (χ0n) is 9.96. The molecule has 2 nitrogen and oxygen atoms in total. The van der Waals surface area contributed by atoms with Gasteiger partial charge in [-0.3, -0.25) is 0 Å². The Hall–Kier alpha value is -1.48. The summed E-state index contributed by atoms with van der Waals surface area (Å²) in [6.45, 7) is 4.27. The quantitative estimate of drug-likeness (QED) is 0.823. The molecule has 0 saturated heterocycles. The second-order valence-corrected chi connectivity index (χ2v) is 5.66. The van der Waals surface area contributed by atoms with Gasteiger partial charge < -0.3 is 4.18 Å². The Morgan fingerprint density at radius 1 is 1.24 bits per heavy atom. The van der Waals surface area contributed by atoms with E-state index in [2.05, 4.69) is 25.3 Å². The molecule has 0 spiro atoms. The number of hydrogen-bond acceptors (Lipinski definition) is 2. The third-order valence-corrected chi connectivity index (χ3v) is 3.93. The second-order valence-electron chi connectivity index (χ2n) is 4.20. The largest absolute Gasteiger partial charge is 0.407 e. The molecule has 2 rings (SSSR count). The molecule has 0 radical (unpaired) electrons. The predicted molar refractivity (Wildman–Crippen MR) is 72.9 cm³/mol. The summed E-state index contributed by atoms with van der Waals surface area (Å²) in [5.41, 5.74) is 1.85. The number of allylic oxidation sites excluding steroid dienone is 2. The van der Waals surface area contributed by atoms with E-state index in [4.69, 9.17) is 4.18 Å². The number of carbonyl (C=O) groups is 1. The lowest BCUT2D eigenvalue weighted by Crippen LogP contribution is -2.00. The van der Waals surface area contributed by atoms with Gasteiger partial charge in [-0.2, -0.15) is 0 Å². The summed E-state index contributed by atoms with van der Waals surface area (Å²) in [7, 11) is 0. The fourth-order valence-corrected chi connectivity index (χ4v) is 3.01. The van der Waals surface area contributed by atoms with Gasteiger partial charge in [0.15, 0.2) is 0 Å². The van der Waals surface area contributed by atoms with Crippen LogP contribution >= 0.6 is 11.2 Å². The third-order valence-electron chi connectivity index (χ3n) is 2.55. The summed E-state index contributed by atoms with van der Waals surface area (Å²) in [6, 6.07) is 9.09. The molecule has 0 aromatic heterocycles. The van der Waals surface area contributed by atoms with Gasteiger partial charge in [-0.05, 0) is 34.4 Å². The summed E-state index contributed by atoms with van der Waals surface area (Å²) in [5, 5.41) is 4.03. The molecule has 1 aliphatic rings. The van der Waals surface area contributed by atoms with Gasteiger partial charge in [0.2, 0.25) is 0 Å². The zero-order chi connectivity index (χ0) is 12.3. The molecule has 17 heavy (non-hydrogen) atoms. The van der Waals surface area contributed by atoms with Gasteiger partial charge in [0.1, 0.15) is 0 Å². The molecular weight excluding hydrogens is 232 g/mol. The van der Waals surface area contributed by atoms with Crippen molar-refractivity contribution in [3.8, 4) is 0 Å². The van der Waals surface area contributed by atoms with Crippen LogP contribution in [0.25, 0.3) is 0 Å². The highest BCUT2D eigenvalue weighted by molar-refractivity contribution is 8.18. The van der Waals surface area contributed by atoms with Crippen LogP contribution in [0.1, 0.15) is 24.2 Å². The first-order chi connectivity index (χ1) is 8.16. The standard InChI is InChI=1S/C14H16O2S/c1-11(2)13-8-9-17(10-13)16-14(15)12-6-4-3-5-7-12/h3-11,17H,1-2H3. The van der Waals surface area contributed by atoms with E-state index in [1.165, 1.54) is 5.57 Å². The zero-order valence-corrected chi connectivity index (χ0v) is 10.9. The van der Waals surface area contributed by atoms with E-state index in [1.54, 1.807) is 12.1 Å². The highest BCUT2D eigenvalue weighted by Gasteiger charge is 2.14. The molecule has 1 aromatic rings. The van der Waals surface area contributed by atoms with Gasteiger partial charge in [-0.15, -0.1) is 0 Å². The fraction of sp³-hybridized carbons (Fsp3) is 0.214. The first kappa shape index (κ1) is 12.0.